The summed E-state index contributed by atoms with van der Waals surface area (Å²) in [5.74, 6) is 0.345. The van der Waals surface area contributed by atoms with E-state index in [0.717, 1.165) is 11.3 Å². The van der Waals surface area contributed by atoms with Gasteiger partial charge in [0.05, 0.1) is 26.2 Å². The molecule has 2 amide bonds. The Hall–Kier alpha value is -4.88. The summed E-state index contributed by atoms with van der Waals surface area (Å²) >= 11 is 1.15. The Kier molecular flexibility index (Phi) is 9.22. The number of benzene rings is 3. The summed E-state index contributed by atoms with van der Waals surface area (Å²) in [6.45, 7) is 0. The van der Waals surface area contributed by atoms with Gasteiger partial charge in [0, 0.05) is 22.8 Å². The molecule has 3 N–H and O–H groups in total. The van der Waals surface area contributed by atoms with Crippen LogP contribution in [0.1, 0.15) is 15.9 Å². The third kappa shape index (κ3) is 7.41. The Bertz CT molecular complexity index is 1650. The lowest BCUT2D eigenvalue weighted by Gasteiger charge is -2.13. The molecular formula is C28H26N4O7S2. The van der Waals surface area contributed by atoms with Crippen LogP contribution in [0.25, 0.3) is 6.08 Å². The molecule has 1 aromatic heterocycles. The molecule has 3 aromatic carbocycles. The summed E-state index contributed by atoms with van der Waals surface area (Å²) in [5.41, 5.74) is 1.09. The van der Waals surface area contributed by atoms with Crippen LogP contribution < -0.4 is 29.6 Å². The van der Waals surface area contributed by atoms with E-state index in [1.54, 1.807) is 47.8 Å². The maximum absolute atomic E-state index is 13.3. The molecule has 4 aromatic rings. The molecule has 0 saturated heterocycles. The average Bonchev–Trinajstić information content (AvgIpc) is 3.49. The summed E-state index contributed by atoms with van der Waals surface area (Å²) in [4.78, 5) is 30.3. The Morgan fingerprint density at radius 2 is 1.59 bits per heavy atom. The Balaban J connectivity index is 1.58. The molecule has 0 aliphatic carbocycles. The molecule has 0 unspecified atom stereocenters. The second-order valence-electron chi connectivity index (χ2n) is 8.28. The van der Waals surface area contributed by atoms with Gasteiger partial charge in [0.25, 0.3) is 21.8 Å². The first-order valence-corrected chi connectivity index (χ1v) is 14.3. The number of carbonyl (C=O) groups is 2. The maximum atomic E-state index is 13.3. The minimum absolute atomic E-state index is 0.0143. The van der Waals surface area contributed by atoms with Gasteiger partial charge in [0.2, 0.25) is 0 Å². The van der Waals surface area contributed by atoms with E-state index in [2.05, 4.69) is 20.3 Å². The van der Waals surface area contributed by atoms with Gasteiger partial charge in [0.15, 0.2) is 16.6 Å². The molecule has 0 bridgehead atoms. The van der Waals surface area contributed by atoms with Crippen LogP contribution in [0.15, 0.2) is 88.9 Å². The number of carbonyl (C=O) groups excluding carboxylic acids is 2. The van der Waals surface area contributed by atoms with Crippen molar-refractivity contribution in [2.75, 3.05) is 31.4 Å². The van der Waals surface area contributed by atoms with Crippen molar-refractivity contribution >= 4 is 50.1 Å². The zero-order valence-corrected chi connectivity index (χ0v) is 23.8. The third-order valence-electron chi connectivity index (χ3n) is 5.64. The number of nitrogens with zero attached hydrogens (tertiary/aromatic N) is 1. The molecule has 0 aliphatic rings. The fraction of sp³-hybridized carbons (Fsp3) is 0.107. The van der Waals surface area contributed by atoms with E-state index in [1.807, 2.05) is 0 Å². The van der Waals surface area contributed by atoms with Crippen molar-refractivity contribution < 1.29 is 32.2 Å². The molecule has 1 heterocycles. The first-order valence-electron chi connectivity index (χ1n) is 12.0. The van der Waals surface area contributed by atoms with E-state index in [4.69, 9.17) is 14.2 Å². The van der Waals surface area contributed by atoms with Gasteiger partial charge in [-0.1, -0.05) is 6.07 Å². The van der Waals surface area contributed by atoms with Crippen LogP contribution in [0, 0.1) is 0 Å². The highest BCUT2D eigenvalue weighted by Gasteiger charge is 2.18. The smallest absolute Gasteiger partial charge is 0.272 e. The molecule has 0 atom stereocenters. The van der Waals surface area contributed by atoms with Gasteiger partial charge in [-0.2, -0.15) is 0 Å². The van der Waals surface area contributed by atoms with Crippen LogP contribution in [0.3, 0.4) is 0 Å². The van der Waals surface area contributed by atoms with Crippen molar-refractivity contribution in [1.29, 1.82) is 0 Å². The fourth-order valence-electron chi connectivity index (χ4n) is 3.57. The second-order valence-corrected chi connectivity index (χ2v) is 10.9. The van der Waals surface area contributed by atoms with Gasteiger partial charge in [-0.15, -0.1) is 11.3 Å². The number of sulfonamides is 1. The van der Waals surface area contributed by atoms with E-state index in [-0.39, 0.29) is 15.7 Å². The lowest BCUT2D eigenvalue weighted by Crippen LogP contribution is -2.30. The summed E-state index contributed by atoms with van der Waals surface area (Å²) in [6.07, 6.45) is 2.97. The number of rotatable bonds is 11. The monoisotopic (exact) mass is 594 g/mol. The number of ether oxygens (including phenoxy) is 3. The number of anilines is 2. The van der Waals surface area contributed by atoms with Crippen LogP contribution in [0.2, 0.25) is 0 Å². The van der Waals surface area contributed by atoms with E-state index in [0.29, 0.717) is 34.1 Å². The lowest BCUT2D eigenvalue weighted by molar-refractivity contribution is -0.113. The summed E-state index contributed by atoms with van der Waals surface area (Å²) in [7, 11) is 0.647. The number of thiazole rings is 1. The molecule has 0 saturated carbocycles. The van der Waals surface area contributed by atoms with Crippen LogP contribution in [0.5, 0.6) is 17.2 Å². The molecule has 0 fully saturated rings. The zero-order valence-electron chi connectivity index (χ0n) is 22.2. The molecule has 0 spiro atoms. The van der Waals surface area contributed by atoms with Crippen LogP contribution >= 0.6 is 11.3 Å². The molecule has 212 valence electrons. The Morgan fingerprint density at radius 1 is 0.878 bits per heavy atom. The Labute approximate surface area is 240 Å². The fourth-order valence-corrected chi connectivity index (χ4v) is 5.36. The van der Waals surface area contributed by atoms with E-state index in [1.165, 1.54) is 57.9 Å². The van der Waals surface area contributed by atoms with E-state index in [9.17, 15) is 18.0 Å². The summed E-state index contributed by atoms with van der Waals surface area (Å²) in [6, 6.07) is 17.0. The first kappa shape index (κ1) is 29.1. The average molecular weight is 595 g/mol. The van der Waals surface area contributed by atoms with Crippen molar-refractivity contribution in [2.45, 2.75) is 4.90 Å². The van der Waals surface area contributed by atoms with Crippen molar-refractivity contribution in [2.24, 2.45) is 0 Å². The van der Waals surface area contributed by atoms with Gasteiger partial charge < -0.3 is 24.8 Å². The van der Waals surface area contributed by atoms with E-state index >= 15 is 0 Å². The maximum Gasteiger partial charge on any atom is 0.272 e. The molecule has 4 rings (SSSR count). The van der Waals surface area contributed by atoms with Gasteiger partial charge in [0.1, 0.15) is 11.4 Å². The lowest BCUT2D eigenvalue weighted by atomic mass is 10.1. The van der Waals surface area contributed by atoms with Crippen molar-refractivity contribution in [3.63, 3.8) is 0 Å². The zero-order chi connectivity index (χ0) is 29.4. The second kappa shape index (κ2) is 13.0. The van der Waals surface area contributed by atoms with E-state index < -0.39 is 21.8 Å². The van der Waals surface area contributed by atoms with Crippen LogP contribution in [-0.4, -0.2) is 46.5 Å². The predicted molar refractivity (Wildman–Crippen MR) is 156 cm³/mol. The Morgan fingerprint density at radius 3 is 2.20 bits per heavy atom. The number of hydrogen-bond acceptors (Lipinski definition) is 9. The standard InChI is InChI=1S/C28H26N4O7S2/c1-37-21-9-5-19(6-10-21)26(33)31-23(16-18-4-13-24(38-2)25(17-18)39-3)27(34)30-20-7-11-22(12-8-20)41(35,36)32-28-29-14-15-40-28/h4-17H,1-3H3,(H,29,32)(H,30,34)(H,31,33)/b23-16+. The summed E-state index contributed by atoms with van der Waals surface area (Å²) in [5, 5.41) is 7.23. The highest BCUT2D eigenvalue weighted by atomic mass is 32.2. The van der Waals surface area contributed by atoms with Gasteiger partial charge in [-0.3, -0.25) is 14.3 Å². The SMILES string of the molecule is COc1ccc(C(=O)N/C(=C/c2ccc(OC)c(OC)c2)C(=O)Nc2ccc(S(=O)(=O)Nc3nccs3)cc2)cc1. The molecule has 13 heteroatoms. The summed E-state index contributed by atoms with van der Waals surface area (Å²) < 4.78 is 43.4. The molecule has 11 nitrogen and oxygen atoms in total. The normalized spacial score (nSPS) is 11.3. The molecule has 41 heavy (non-hydrogen) atoms. The largest absolute Gasteiger partial charge is 0.497 e. The van der Waals surface area contributed by atoms with Crippen molar-refractivity contribution in [3.05, 3.63) is 95.1 Å². The number of hydrogen-bond donors (Lipinski definition) is 3. The molecule has 0 aliphatic heterocycles. The number of aromatic nitrogens is 1. The highest BCUT2D eigenvalue weighted by Crippen LogP contribution is 2.28. The van der Waals surface area contributed by atoms with Gasteiger partial charge >= 0.3 is 0 Å². The first-order chi connectivity index (χ1) is 19.7. The molecular weight excluding hydrogens is 568 g/mol. The topological polar surface area (TPSA) is 145 Å². The van der Waals surface area contributed by atoms with Crippen molar-refractivity contribution in [3.8, 4) is 17.2 Å². The number of methoxy groups -OCH3 is 3. The van der Waals surface area contributed by atoms with Crippen LogP contribution in [0.4, 0.5) is 10.8 Å². The third-order valence-corrected chi connectivity index (χ3v) is 7.81. The quantitative estimate of drug-likeness (QED) is 0.217. The minimum atomic E-state index is -3.86. The minimum Gasteiger partial charge on any atom is -0.497 e. The predicted octanol–water partition coefficient (Wildman–Crippen LogP) is 4.38. The van der Waals surface area contributed by atoms with Gasteiger partial charge in [-0.25, -0.2) is 13.4 Å². The van der Waals surface area contributed by atoms with Crippen molar-refractivity contribution in [1.82, 2.24) is 10.3 Å². The number of amides is 2. The highest BCUT2D eigenvalue weighted by molar-refractivity contribution is 7.93. The van der Waals surface area contributed by atoms with Crippen LogP contribution in [-0.2, 0) is 14.8 Å². The molecule has 0 radical (unpaired) electrons. The van der Waals surface area contributed by atoms with Gasteiger partial charge in [-0.05, 0) is 72.3 Å². The number of nitrogens with one attached hydrogen (secondary N) is 3.